The second-order valence-corrected chi connectivity index (χ2v) is 5.41. The molecule has 0 saturated heterocycles. The smallest absolute Gasteiger partial charge is 0.246 e. The van der Waals surface area contributed by atoms with Gasteiger partial charge in [0, 0.05) is 11.1 Å². The SMILES string of the molecule is COc1ccc(NC(C)C(=O)Nc2ccc(Cl)cc2Cl)cn1. The van der Waals surface area contributed by atoms with Crippen molar-refractivity contribution in [3.63, 3.8) is 0 Å². The number of ether oxygens (including phenoxy) is 1. The first kappa shape index (κ1) is 16.4. The molecule has 0 spiro atoms. The third-order valence-electron chi connectivity index (χ3n) is 2.91. The zero-order valence-corrected chi connectivity index (χ0v) is 13.6. The number of hydrogen-bond donors (Lipinski definition) is 2. The fraction of sp³-hybridized carbons (Fsp3) is 0.200. The molecule has 1 aromatic carbocycles. The van der Waals surface area contributed by atoms with Crippen molar-refractivity contribution in [3.05, 3.63) is 46.6 Å². The molecule has 0 radical (unpaired) electrons. The van der Waals surface area contributed by atoms with Gasteiger partial charge in [0.05, 0.1) is 29.7 Å². The molecule has 2 N–H and O–H groups in total. The van der Waals surface area contributed by atoms with Crippen LogP contribution in [0.5, 0.6) is 5.88 Å². The van der Waals surface area contributed by atoms with Gasteiger partial charge in [-0.15, -0.1) is 0 Å². The molecule has 1 aromatic heterocycles. The Kier molecular flexibility index (Phi) is 5.46. The van der Waals surface area contributed by atoms with Crippen molar-refractivity contribution in [2.75, 3.05) is 17.7 Å². The van der Waals surface area contributed by atoms with Gasteiger partial charge < -0.3 is 15.4 Å². The Hall–Kier alpha value is -1.98. The van der Waals surface area contributed by atoms with Crippen molar-refractivity contribution in [3.8, 4) is 5.88 Å². The molecule has 0 fully saturated rings. The topological polar surface area (TPSA) is 63.2 Å². The van der Waals surface area contributed by atoms with E-state index in [4.69, 9.17) is 27.9 Å². The number of methoxy groups -OCH3 is 1. The van der Waals surface area contributed by atoms with Crippen LogP contribution >= 0.6 is 23.2 Å². The number of nitrogens with one attached hydrogen (secondary N) is 2. The van der Waals surface area contributed by atoms with Crippen LogP contribution in [0.25, 0.3) is 0 Å². The van der Waals surface area contributed by atoms with Crippen molar-refractivity contribution in [2.45, 2.75) is 13.0 Å². The van der Waals surface area contributed by atoms with Crippen LogP contribution in [0.3, 0.4) is 0 Å². The molecule has 0 saturated carbocycles. The molecule has 0 aliphatic carbocycles. The van der Waals surface area contributed by atoms with Crippen LogP contribution in [0.2, 0.25) is 10.0 Å². The predicted molar refractivity (Wildman–Crippen MR) is 89.0 cm³/mol. The quantitative estimate of drug-likeness (QED) is 0.868. The maximum absolute atomic E-state index is 12.2. The lowest BCUT2D eigenvalue weighted by Gasteiger charge is -2.16. The van der Waals surface area contributed by atoms with E-state index in [2.05, 4.69) is 15.6 Å². The van der Waals surface area contributed by atoms with E-state index in [-0.39, 0.29) is 5.91 Å². The van der Waals surface area contributed by atoms with Gasteiger partial charge in [0.2, 0.25) is 11.8 Å². The van der Waals surface area contributed by atoms with E-state index < -0.39 is 6.04 Å². The van der Waals surface area contributed by atoms with Crippen molar-refractivity contribution in [1.29, 1.82) is 0 Å². The highest BCUT2D eigenvalue weighted by molar-refractivity contribution is 6.36. The van der Waals surface area contributed by atoms with Crippen LogP contribution in [0, 0.1) is 0 Å². The summed E-state index contributed by atoms with van der Waals surface area (Å²) in [6.45, 7) is 1.74. The summed E-state index contributed by atoms with van der Waals surface area (Å²) in [5.74, 6) is 0.288. The van der Waals surface area contributed by atoms with E-state index in [9.17, 15) is 4.79 Å². The average Bonchev–Trinajstić information content (AvgIpc) is 2.50. The molecule has 1 amide bonds. The van der Waals surface area contributed by atoms with Crippen molar-refractivity contribution >= 4 is 40.5 Å². The van der Waals surface area contributed by atoms with E-state index in [1.807, 2.05) is 0 Å². The van der Waals surface area contributed by atoms with E-state index in [1.54, 1.807) is 50.6 Å². The normalized spacial score (nSPS) is 11.6. The number of carbonyl (C=O) groups excluding carboxylic acids is 1. The number of amides is 1. The number of carbonyl (C=O) groups is 1. The summed E-state index contributed by atoms with van der Waals surface area (Å²) in [5.41, 5.74) is 1.23. The number of rotatable bonds is 5. The number of halogens is 2. The van der Waals surface area contributed by atoms with Gasteiger partial charge in [0.1, 0.15) is 6.04 Å². The Morgan fingerprint density at radius 3 is 2.64 bits per heavy atom. The third-order valence-corrected chi connectivity index (χ3v) is 3.46. The first-order valence-corrected chi connectivity index (χ1v) is 7.27. The minimum Gasteiger partial charge on any atom is -0.481 e. The molecule has 0 aliphatic rings. The third kappa shape index (κ3) is 4.26. The largest absolute Gasteiger partial charge is 0.481 e. The van der Waals surface area contributed by atoms with Crippen molar-refractivity contribution in [1.82, 2.24) is 4.98 Å². The molecule has 116 valence electrons. The Labute approximate surface area is 138 Å². The van der Waals surface area contributed by atoms with Crippen LogP contribution in [0.15, 0.2) is 36.5 Å². The molecule has 2 rings (SSSR count). The first-order valence-electron chi connectivity index (χ1n) is 6.52. The molecule has 1 unspecified atom stereocenters. The highest BCUT2D eigenvalue weighted by Gasteiger charge is 2.14. The maximum atomic E-state index is 12.2. The second kappa shape index (κ2) is 7.33. The van der Waals surface area contributed by atoms with E-state index in [0.717, 1.165) is 0 Å². The maximum Gasteiger partial charge on any atom is 0.246 e. The molecule has 0 bridgehead atoms. The van der Waals surface area contributed by atoms with Gasteiger partial charge in [-0.1, -0.05) is 23.2 Å². The molecular formula is C15H15Cl2N3O2. The van der Waals surface area contributed by atoms with Crippen molar-refractivity contribution in [2.24, 2.45) is 0 Å². The van der Waals surface area contributed by atoms with Crippen LogP contribution < -0.4 is 15.4 Å². The van der Waals surface area contributed by atoms with Gasteiger partial charge in [-0.2, -0.15) is 0 Å². The fourth-order valence-electron chi connectivity index (χ4n) is 1.73. The highest BCUT2D eigenvalue weighted by atomic mass is 35.5. The zero-order chi connectivity index (χ0) is 16.1. The number of pyridine rings is 1. The summed E-state index contributed by atoms with van der Waals surface area (Å²) < 4.78 is 4.98. The second-order valence-electron chi connectivity index (χ2n) is 4.57. The first-order chi connectivity index (χ1) is 10.5. The van der Waals surface area contributed by atoms with E-state index >= 15 is 0 Å². The lowest BCUT2D eigenvalue weighted by atomic mass is 10.2. The number of anilines is 2. The van der Waals surface area contributed by atoms with Gasteiger partial charge in [-0.05, 0) is 31.2 Å². The Balaban J connectivity index is 1.99. The monoisotopic (exact) mass is 339 g/mol. The molecule has 7 heteroatoms. The summed E-state index contributed by atoms with van der Waals surface area (Å²) in [4.78, 5) is 16.2. The van der Waals surface area contributed by atoms with Gasteiger partial charge >= 0.3 is 0 Å². The van der Waals surface area contributed by atoms with Crippen LogP contribution in [0.1, 0.15) is 6.92 Å². The molecule has 1 heterocycles. The Morgan fingerprint density at radius 2 is 2.05 bits per heavy atom. The molecule has 2 aromatic rings. The molecule has 0 aliphatic heterocycles. The lowest BCUT2D eigenvalue weighted by molar-refractivity contribution is -0.116. The number of aromatic nitrogens is 1. The van der Waals surface area contributed by atoms with Gasteiger partial charge in [0.25, 0.3) is 0 Å². The molecule has 22 heavy (non-hydrogen) atoms. The number of hydrogen-bond acceptors (Lipinski definition) is 4. The minimum absolute atomic E-state index is 0.222. The van der Waals surface area contributed by atoms with E-state index in [0.29, 0.717) is 27.3 Å². The summed E-state index contributed by atoms with van der Waals surface area (Å²) in [6, 6.07) is 7.92. The van der Waals surface area contributed by atoms with Crippen molar-refractivity contribution < 1.29 is 9.53 Å². The fourth-order valence-corrected chi connectivity index (χ4v) is 2.19. The molecule has 5 nitrogen and oxygen atoms in total. The number of benzene rings is 1. The van der Waals surface area contributed by atoms with Gasteiger partial charge in [-0.3, -0.25) is 4.79 Å². The molecule has 1 atom stereocenters. The van der Waals surface area contributed by atoms with Crippen LogP contribution in [-0.4, -0.2) is 24.0 Å². The molecular weight excluding hydrogens is 325 g/mol. The highest BCUT2D eigenvalue weighted by Crippen LogP contribution is 2.25. The standard InChI is InChI=1S/C15H15Cl2N3O2/c1-9(19-11-4-6-14(22-2)18-8-11)15(21)20-13-5-3-10(16)7-12(13)17/h3-9,19H,1-2H3,(H,20,21). The van der Waals surface area contributed by atoms with Gasteiger partial charge in [-0.25, -0.2) is 4.98 Å². The Morgan fingerprint density at radius 1 is 1.27 bits per heavy atom. The summed E-state index contributed by atoms with van der Waals surface area (Å²) >= 11 is 11.8. The average molecular weight is 340 g/mol. The van der Waals surface area contributed by atoms with Crippen LogP contribution in [0.4, 0.5) is 11.4 Å². The summed E-state index contributed by atoms with van der Waals surface area (Å²) in [5, 5.41) is 6.69. The Bertz CT molecular complexity index is 662. The van der Waals surface area contributed by atoms with Gasteiger partial charge in [0.15, 0.2) is 0 Å². The summed E-state index contributed by atoms with van der Waals surface area (Å²) in [6.07, 6.45) is 1.60. The number of nitrogens with zero attached hydrogens (tertiary/aromatic N) is 1. The summed E-state index contributed by atoms with van der Waals surface area (Å²) in [7, 11) is 1.54. The predicted octanol–water partition coefficient (Wildman–Crippen LogP) is 3.84. The van der Waals surface area contributed by atoms with E-state index in [1.165, 1.54) is 0 Å². The zero-order valence-electron chi connectivity index (χ0n) is 12.1. The lowest BCUT2D eigenvalue weighted by Crippen LogP contribution is -2.32. The minimum atomic E-state index is -0.470. The van der Waals surface area contributed by atoms with Crippen LogP contribution in [-0.2, 0) is 4.79 Å².